The molecule has 0 saturated carbocycles. The van der Waals surface area contributed by atoms with Crippen molar-refractivity contribution in [2.45, 2.75) is 33.9 Å². The van der Waals surface area contributed by atoms with Crippen molar-refractivity contribution in [2.24, 2.45) is 0 Å². The largest absolute Gasteiger partial charge is 0.488 e. The third-order valence-electron chi connectivity index (χ3n) is 4.33. The van der Waals surface area contributed by atoms with Gasteiger partial charge >= 0.3 is 5.97 Å². The van der Waals surface area contributed by atoms with Gasteiger partial charge in [-0.2, -0.15) is 0 Å². The Morgan fingerprint density at radius 3 is 2.21 bits per heavy atom. The minimum atomic E-state index is -1.05. The van der Waals surface area contributed by atoms with E-state index in [2.05, 4.69) is 48.6 Å². The van der Waals surface area contributed by atoms with Gasteiger partial charge < -0.3 is 15.2 Å². The van der Waals surface area contributed by atoms with E-state index in [1.165, 1.54) is 5.56 Å². The number of benzene rings is 2. The molecule has 6 nitrogen and oxygen atoms in total. The van der Waals surface area contributed by atoms with E-state index < -0.39 is 5.97 Å². The molecule has 2 N–H and O–H groups in total. The zero-order chi connectivity index (χ0) is 20.7. The Balaban J connectivity index is 1.95. The van der Waals surface area contributed by atoms with Crippen molar-refractivity contribution in [1.82, 2.24) is 10.2 Å². The van der Waals surface area contributed by atoms with Gasteiger partial charge in [-0.15, -0.1) is 0 Å². The van der Waals surface area contributed by atoms with Crippen molar-refractivity contribution in [3.63, 3.8) is 0 Å². The number of amides is 1. The van der Waals surface area contributed by atoms with Crippen LogP contribution in [0, 0.1) is 20.8 Å². The van der Waals surface area contributed by atoms with Gasteiger partial charge in [-0.1, -0.05) is 42.0 Å². The lowest BCUT2D eigenvalue weighted by Gasteiger charge is -2.19. The molecule has 0 fully saturated rings. The number of nitrogens with zero attached hydrogens (tertiary/aromatic N) is 1. The van der Waals surface area contributed by atoms with Gasteiger partial charge in [-0.05, 0) is 50.1 Å². The Labute approximate surface area is 166 Å². The van der Waals surface area contributed by atoms with Gasteiger partial charge in [0.15, 0.2) is 0 Å². The molecule has 2 aromatic rings. The van der Waals surface area contributed by atoms with Crippen molar-refractivity contribution in [3.8, 4) is 5.75 Å². The van der Waals surface area contributed by atoms with Crippen LogP contribution < -0.4 is 10.1 Å². The molecule has 28 heavy (non-hydrogen) atoms. The summed E-state index contributed by atoms with van der Waals surface area (Å²) in [6.07, 6.45) is 0. The highest BCUT2D eigenvalue weighted by Crippen LogP contribution is 2.26. The fourth-order valence-corrected chi connectivity index (χ4v) is 3.04. The summed E-state index contributed by atoms with van der Waals surface area (Å²) in [7, 11) is 1.83. The molecule has 0 spiro atoms. The van der Waals surface area contributed by atoms with Gasteiger partial charge in [0.2, 0.25) is 5.91 Å². The molecule has 0 aliphatic carbocycles. The van der Waals surface area contributed by atoms with Gasteiger partial charge in [0.1, 0.15) is 18.9 Å². The topological polar surface area (TPSA) is 78.9 Å². The molecule has 150 valence electrons. The fourth-order valence-electron chi connectivity index (χ4n) is 3.04. The fraction of sp³-hybridized carbons (Fsp3) is 0.364. The normalized spacial score (nSPS) is 10.8. The number of hydrogen-bond donors (Lipinski definition) is 2. The number of carboxylic acid groups (broad SMARTS) is 1. The first-order valence-corrected chi connectivity index (χ1v) is 9.20. The highest BCUT2D eigenvalue weighted by Gasteiger charge is 2.11. The number of hydrogen-bond acceptors (Lipinski definition) is 4. The quantitative estimate of drug-likeness (QED) is 0.695. The van der Waals surface area contributed by atoms with Crippen LogP contribution in [0.1, 0.15) is 27.8 Å². The van der Waals surface area contributed by atoms with Crippen LogP contribution in [0.25, 0.3) is 0 Å². The molecule has 2 rings (SSSR count). The lowest BCUT2D eigenvalue weighted by molar-refractivity contribution is -0.138. The van der Waals surface area contributed by atoms with Crippen LogP contribution in [-0.4, -0.2) is 42.0 Å². The van der Waals surface area contributed by atoms with E-state index >= 15 is 0 Å². The van der Waals surface area contributed by atoms with E-state index in [1.54, 1.807) is 0 Å². The Morgan fingerprint density at radius 1 is 1.04 bits per heavy atom. The standard InChI is InChI=1S/C22H28N2O4/c1-15-5-7-18(8-6-15)14-28-22-16(2)9-19(10-17(22)3)12-24(4)13-20(25)23-11-21(26)27/h5-10H,11-14H2,1-4H3,(H,23,25)(H,26,27). The molecule has 0 heterocycles. The van der Waals surface area contributed by atoms with Crippen LogP contribution in [0.2, 0.25) is 0 Å². The number of likely N-dealkylation sites (N-methyl/N-ethyl adjacent to an activating group) is 1. The van der Waals surface area contributed by atoms with Gasteiger partial charge in [0.05, 0.1) is 6.54 Å². The monoisotopic (exact) mass is 384 g/mol. The molecule has 0 bridgehead atoms. The molecule has 0 saturated heterocycles. The molecule has 1 amide bonds. The summed E-state index contributed by atoms with van der Waals surface area (Å²) in [6.45, 7) is 6.96. The van der Waals surface area contributed by atoms with Crippen molar-refractivity contribution in [3.05, 3.63) is 64.2 Å². The summed E-state index contributed by atoms with van der Waals surface area (Å²) in [5.74, 6) is -0.481. The Hall–Kier alpha value is -2.86. The lowest BCUT2D eigenvalue weighted by Crippen LogP contribution is -2.37. The average Bonchev–Trinajstić information content (AvgIpc) is 2.60. The number of ether oxygens (including phenoxy) is 1. The molecule has 0 atom stereocenters. The average molecular weight is 384 g/mol. The third kappa shape index (κ3) is 6.70. The minimum absolute atomic E-state index is 0.136. The summed E-state index contributed by atoms with van der Waals surface area (Å²) >= 11 is 0. The van der Waals surface area contributed by atoms with Crippen molar-refractivity contribution in [2.75, 3.05) is 20.1 Å². The van der Waals surface area contributed by atoms with E-state index in [0.29, 0.717) is 13.2 Å². The molecular formula is C22H28N2O4. The summed E-state index contributed by atoms with van der Waals surface area (Å²) in [5.41, 5.74) is 5.52. The van der Waals surface area contributed by atoms with E-state index in [1.807, 2.05) is 25.8 Å². The maximum atomic E-state index is 11.7. The van der Waals surface area contributed by atoms with Gasteiger partial charge in [-0.25, -0.2) is 0 Å². The lowest BCUT2D eigenvalue weighted by atomic mass is 10.1. The van der Waals surface area contributed by atoms with E-state index in [0.717, 1.165) is 28.0 Å². The first-order valence-electron chi connectivity index (χ1n) is 9.20. The zero-order valence-electron chi connectivity index (χ0n) is 16.9. The van der Waals surface area contributed by atoms with Crippen molar-refractivity contribution >= 4 is 11.9 Å². The molecule has 0 unspecified atom stereocenters. The summed E-state index contributed by atoms with van der Waals surface area (Å²) in [6, 6.07) is 12.4. The zero-order valence-corrected chi connectivity index (χ0v) is 16.9. The second kappa shape index (κ2) is 9.90. The van der Waals surface area contributed by atoms with Crippen LogP contribution in [-0.2, 0) is 22.7 Å². The molecule has 0 aliphatic heterocycles. The van der Waals surface area contributed by atoms with Gasteiger partial charge in [-0.3, -0.25) is 14.5 Å². The van der Waals surface area contributed by atoms with E-state index in [4.69, 9.17) is 9.84 Å². The third-order valence-corrected chi connectivity index (χ3v) is 4.33. The predicted octanol–water partition coefficient (Wildman–Crippen LogP) is 2.82. The van der Waals surface area contributed by atoms with E-state index in [9.17, 15) is 9.59 Å². The number of carboxylic acids is 1. The van der Waals surface area contributed by atoms with Gasteiger partial charge in [0, 0.05) is 6.54 Å². The number of rotatable bonds is 9. The summed E-state index contributed by atoms with van der Waals surface area (Å²) < 4.78 is 6.04. The second-order valence-electron chi connectivity index (χ2n) is 7.18. The Bertz CT molecular complexity index is 808. The van der Waals surface area contributed by atoms with E-state index in [-0.39, 0.29) is 19.0 Å². The number of aliphatic carboxylic acids is 1. The highest BCUT2D eigenvalue weighted by atomic mass is 16.5. The molecule has 2 aromatic carbocycles. The maximum Gasteiger partial charge on any atom is 0.322 e. The number of carbonyl (C=O) groups is 2. The Morgan fingerprint density at radius 2 is 1.64 bits per heavy atom. The molecule has 6 heteroatoms. The molecule has 0 aromatic heterocycles. The highest BCUT2D eigenvalue weighted by molar-refractivity contribution is 5.82. The van der Waals surface area contributed by atoms with Crippen LogP contribution in [0.4, 0.5) is 0 Å². The smallest absolute Gasteiger partial charge is 0.322 e. The molecule has 0 aliphatic rings. The number of carbonyl (C=O) groups excluding carboxylic acids is 1. The second-order valence-corrected chi connectivity index (χ2v) is 7.18. The van der Waals surface area contributed by atoms with Crippen LogP contribution >= 0.6 is 0 Å². The molecule has 0 radical (unpaired) electrons. The first-order chi connectivity index (χ1) is 13.2. The molecular weight excluding hydrogens is 356 g/mol. The minimum Gasteiger partial charge on any atom is -0.488 e. The van der Waals surface area contributed by atoms with Crippen molar-refractivity contribution < 1.29 is 19.4 Å². The SMILES string of the molecule is Cc1ccc(COc2c(C)cc(CN(C)CC(=O)NCC(=O)O)cc2C)cc1. The summed E-state index contributed by atoms with van der Waals surface area (Å²) in [5, 5.41) is 11.0. The predicted molar refractivity (Wildman–Crippen MR) is 108 cm³/mol. The van der Waals surface area contributed by atoms with Crippen LogP contribution in [0.3, 0.4) is 0 Å². The summed E-state index contributed by atoms with van der Waals surface area (Å²) in [4.78, 5) is 24.1. The van der Waals surface area contributed by atoms with Crippen LogP contribution in [0.5, 0.6) is 5.75 Å². The van der Waals surface area contributed by atoms with Gasteiger partial charge in [0.25, 0.3) is 0 Å². The maximum absolute atomic E-state index is 11.7. The number of nitrogens with one attached hydrogen (secondary N) is 1. The first kappa shape index (κ1) is 21.4. The number of aryl methyl sites for hydroxylation is 3. The van der Waals surface area contributed by atoms with Crippen molar-refractivity contribution in [1.29, 1.82) is 0 Å². The Kier molecular flexibility index (Phi) is 7.58. The van der Waals surface area contributed by atoms with Crippen LogP contribution in [0.15, 0.2) is 36.4 Å².